The lowest BCUT2D eigenvalue weighted by Crippen LogP contribution is -2.32. The Balaban J connectivity index is 1.94. The van der Waals surface area contributed by atoms with Crippen LogP contribution in [0.5, 0.6) is 0 Å². The fourth-order valence-electron chi connectivity index (χ4n) is 3.27. The molecule has 1 heterocycles. The number of hydrogen-bond donors (Lipinski definition) is 0. The predicted molar refractivity (Wildman–Crippen MR) is 123 cm³/mol. The number of anilines is 1. The number of nitrogens with zero attached hydrogens (tertiary/aromatic N) is 3. The van der Waals surface area contributed by atoms with E-state index in [9.17, 15) is 26.4 Å². The van der Waals surface area contributed by atoms with Crippen LogP contribution in [0, 0.1) is 0 Å². The second-order valence-corrected chi connectivity index (χ2v) is 9.28. The van der Waals surface area contributed by atoms with Gasteiger partial charge >= 0.3 is 6.18 Å². The van der Waals surface area contributed by atoms with Crippen molar-refractivity contribution in [1.29, 1.82) is 0 Å². The van der Waals surface area contributed by atoms with Gasteiger partial charge < -0.3 is 4.90 Å². The molecule has 6 nitrogen and oxygen atoms in total. The van der Waals surface area contributed by atoms with Crippen LogP contribution in [-0.4, -0.2) is 37.8 Å². The van der Waals surface area contributed by atoms with E-state index in [1.807, 2.05) is 0 Å². The Labute approximate surface area is 196 Å². The molecule has 0 saturated heterocycles. The second kappa shape index (κ2) is 10.1. The number of halogens is 3. The Kier molecular flexibility index (Phi) is 7.41. The molecule has 0 N–H and O–H groups in total. The highest BCUT2D eigenvalue weighted by Gasteiger charge is 2.32. The van der Waals surface area contributed by atoms with Crippen LogP contribution in [0.2, 0.25) is 0 Å². The molecule has 0 bridgehead atoms. The molecule has 0 aliphatic heterocycles. The molecular formula is C24H22F3N3O3S. The van der Waals surface area contributed by atoms with Crippen molar-refractivity contribution in [3.63, 3.8) is 0 Å². The summed E-state index contributed by atoms with van der Waals surface area (Å²) < 4.78 is 67.1. The van der Waals surface area contributed by atoms with Gasteiger partial charge in [-0.2, -0.15) is 13.2 Å². The molecule has 1 amide bonds. The number of aromatic nitrogens is 1. The van der Waals surface area contributed by atoms with Crippen molar-refractivity contribution in [2.45, 2.75) is 17.6 Å². The number of carbonyl (C=O) groups is 1. The minimum atomic E-state index is -4.63. The summed E-state index contributed by atoms with van der Waals surface area (Å²) in [6, 6.07) is 12.9. The van der Waals surface area contributed by atoms with E-state index >= 15 is 0 Å². The topological polar surface area (TPSA) is 70.6 Å². The summed E-state index contributed by atoms with van der Waals surface area (Å²) in [6.07, 6.45) is -0.160. The van der Waals surface area contributed by atoms with Gasteiger partial charge in [0.05, 0.1) is 22.7 Å². The van der Waals surface area contributed by atoms with Crippen LogP contribution >= 0.6 is 0 Å². The number of alkyl halides is 3. The van der Waals surface area contributed by atoms with Gasteiger partial charge in [-0.3, -0.25) is 14.1 Å². The maximum atomic E-state index is 13.4. The third kappa shape index (κ3) is 5.63. The fraction of sp³-hybridized carbons (Fsp3) is 0.167. The monoisotopic (exact) mass is 489 g/mol. The molecule has 178 valence electrons. The number of carbonyl (C=O) groups excluding carboxylic acids is 1. The highest BCUT2D eigenvalue weighted by molar-refractivity contribution is 7.92. The van der Waals surface area contributed by atoms with Crippen molar-refractivity contribution in [3.8, 4) is 0 Å². The summed E-state index contributed by atoms with van der Waals surface area (Å²) >= 11 is 0. The van der Waals surface area contributed by atoms with E-state index in [1.165, 1.54) is 41.3 Å². The normalized spacial score (nSPS) is 11.6. The van der Waals surface area contributed by atoms with E-state index in [2.05, 4.69) is 11.6 Å². The van der Waals surface area contributed by atoms with Crippen molar-refractivity contribution >= 4 is 21.6 Å². The zero-order chi connectivity index (χ0) is 24.9. The number of benzene rings is 2. The third-order valence-electron chi connectivity index (χ3n) is 4.94. The molecule has 0 fully saturated rings. The van der Waals surface area contributed by atoms with Gasteiger partial charge in [0, 0.05) is 31.5 Å². The average Bonchev–Trinajstić information content (AvgIpc) is 2.82. The van der Waals surface area contributed by atoms with Crippen LogP contribution in [0.1, 0.15) is 21.5 Å². The molecule has 3 aromatic rings. The Morgan fingerprint density at radius 2 is 1.74 bits per heavy atom. The zero-order valence-corrected chi connectivity index (χ0v) is 19.1. The van der Waals surface area contributed by atoms with Gasteiger partial charge in [0.1, 0.15) is 0 Å². The van der Waals surface area contributed by atoms with E-state index in [1.54, 1.807) is 31.6 Å². The smallest absolute Gasteiger partial charge is 0.337 e. The first kappa shape index (κ1) is 25.0. The van der Waals surface area contributed by atoms with Crippen molar-refractivity contribution in [1.82, 2.24) is 9.88 Å². The van der Waals surface area contributed by atoms with Crippen molar-refractivity contribution < 1.29 is 26.4 Å². The lowest BCUT2D eigenvalue weighted by atomic mass is 10.2. The highest BCUT2D eigenvalue weighted by atomic mass is 32.2. The van der Waals surface area contributed by atoms with Crippen LogP contribution in [0.4, 0.5) is 18.9 Å². The summed E-state index contributed by atoms with van der Waals surface area (Å²) in [5.41, 5.74) is -0.172. The van der Waals surface area contributed by atoms with E-state index in [-0.39, 0.29) is 29.2 Å². The predicted octanol–water partition coefficient (Wildman–Crippen LogP) is 4.75. The fourth-order valence-corrected chi connectivity index (χ4v) is 4.74. The third-order valence-corrected chi connectivity index (χ3v) is 6.73. The number of rotatable bonds is 8. The molecule has 0 aliphatic rings. The number of amides is 1. The molecule has 3 rings (SSSR count). The Morgan fingerprint density at radius 1 is 1.06 bits per heavy atom. The number of sulfonamides is 1. The summed E-state index contributed by atoms with van der Waals surface area (Å²) in [7, 11) is -2.72. The highest BCUT2D eigenvalue weighted by Crippen LogP contribution is 2.33. The average molecular weight is 490 g/mol. The van der Waals surface area contributed by atoms with Crippen LogP contribution in [0.3, 0.4) is 0 Å². The summed E-state index contributed by atoms with van der Waals surface area (Å²) in [6.45, 7) is 3.54. The van der Waals surface area contributed by atoms with Gasteiger partial charge in [0.15, 0.2) is 0 Å². The van der Waals surface area contributed by atoms with Gasteiger partial charge in [-0.1, -0.05) is 18.2 Å². The first-order valence-electron chi connectivity index (χ1n) is 10.1. The Bertz CT molecular complexity index is 1280. The number of hydrogen-bond acceptors (Lipinski definition) is 4. The summed E-state index contributed by atoms with van der Waals surface area (Å²) in [5.74, 6) is -0.414. The minimum absolute atomic E-state index is 0.125. The van der Waals surface area contributed by atoms with Crippen molar-refractivity contribution in [3.05, 3.63) is 102 Å². The van der Waals surface area contributed by atoms with Crippen molar-refractivity contribution in [2.24, 2.45) is 0 Å². The summed E-state index contributed by atoms with van der Waals surface area (Å²) in [4.78, 5) is 18.0. The maximum absolute atomic E-state index is 13.4. The first-order valence-corrected chi connectivity index (χ1v) is 11.5. The quantitative estimate of drug-likeness (QED) is 0.428. The SMILES string of the molecule is C=CCN(c1cccc(C(F)(F)F)c1)S(=O)(=O)c1cccc(C(=O)N(C)Cc2ccncc2)c1. The van der Waals surface area contributed by atoms with E-state index in [0.29, 0.717) is 0 Å². The molecule has 0 aliphatic carbocycles. The molecule has 0 radical (unpaired) electrons. The standard InChI is InChI=1S/C24H22F3N3O3S/c1-3-14-30(21-8-5-7-20(16-21)24(25,26)27)34(32,33)22-9-4-6-19(15-22)23(31)29(2)17-18-10-12-28-13-11-18/h3-13,15-16H,1,14,17H2,2H3. The van der Waals surface area contributed by atoms with E-state index in [4.69, 9.17) is 0 Å². The molecule has 34 heavy (non-hydrogen) atoms. The van der Waals surface area contributed by atoms with Crippen LogP contribution in [0.15, 0.2) is 90.6 Å². The summed E-state index contributed by atoms with van der Waals surface area (Å²) in [5, 5.41) is 0. The Morgan fingerprint density at radius 3 is 2.38 bits per heavy atom. The van der Waals surface area contributed by atoms with Gasteiger partial charge in [0.2, 0.25) is 0 Å². The molecule has 0 spiro atoms. The lowest BCUT2D eigenvalue weighted by Gasteiger charge is -2.24. The lowest BCUT2D eigenvalue weighted by molar-refractivity contribution is -0.137. The molecule has 10 heteroatoms. The van der Waals surface area contributed by atoms with Crippen LogP contribution in [-0.2, 0) is 22.7 Å². The van der Waals surface area contributed by atoms with Gasteiger partial charge in [-0.25, -0.2) is 8.42 Å². The van der Waals surface area contributed by atoms with Crippen molar-refractivity contribution in [2.75, 3.05) is 17.9 Å². The maximum Gasteiger partial charge on any atom is 0.416 e. The van der Waals surface area contributed by atoms with Gasteiger partial charge in [0.25, 0.3) is 15.9 Å². The van der Waals surface area contributed by atoms with E-state index in [0.717, 1.165) is 28.1 Å². The number of pyridine rings is 1. The molecule has 1 aromatic heterocycles. The second-order valence-electron chi connectivity index (χ2n) is 7.42. The molecule has 0 saturated carbocycles. The molecular weight excluding hydrogens is 467 g/mol. The van der Waals surface area contributed by atoms with E-state index < -0.39 is 27.7 Å². The minimum Gasteiger partial charge on any atom is -0.337 e. The van der Waals surface area contributed by atoms with Gasteiger partial charge in [-0.15, -0.1) is 6.58 Å². The molecule has 0 unspecified atom stereocenters. The zero-order valence-electron chi connectivity index (χ0n) is 18.2. The Hall–Kier alpha value is -3.66. The van der Waals surface area contributed by atoms with Crippen LogP contribution in [0.25, 0.3) is 0 Å². The molecule has 0 atom stereocenters. The first-order chi connectivity index (χ1) is 16.0. The van der Waals surface area contributed by atoms with Crippen LogP contribution < -0.4 is 4.31 Å². The molecule has 2 aromatic carbocycles. The largest absolute Gasteiger partial charge is 0.416 e. The van der Waals surface area contributed by atoms with Gasteiger partial charge in [-0.05, 0) is 54.1 Å².